The first kappa shape index (κ1) is 17.7. The fourth-order valence-electron chi connectivity index (χ4n) is 2.40. The van der Waals surface area contributed by atoms with Crippen molar-refractivity contribution < 1.29 is 18.9 Å². The van der Waals surface area contributed by atoms with Crippen molar-refractivity contribution in [3.05, 3.63) is 41.7 Å². The lowest BCUT2D eigenvalue weighted by atomic mass is 10.2. The maximum atomic E-state index is 12.4. The van der Waals surface area contributed by atoms with E-state index in [2.05, 4.69) is 15.8 Å². The van der Waals surface area contributed by atoms with Crippen molar-refractivity contribution >= 4 is 29.2 Å². The van der Waals surface area contributed by atoms with Crippen LogP contribution in [0.1, 0.15) is 29.0 Å². The van der Waals surface area contributed by atoms with Crippen molar-refractivity contribution in [1.29, 1.82) is 0 Å². The Hall–Kier alpha value is -3.16. The Balaban J connectivity index is 1.53. The van der Waals surface area contributed by atoms with E-state index < -0.39 is 0 Å². The number of carbonyl (C=O) groups excluding carboxylic acids is 3. The molecule has 2 N–H and O–H groups in total. The van der Waals surface area contributed by atoms with Crippen LogP contribution in [-0.4, -0.2) is 41.4 Å². The van der Waals surface area contributed by atoms with Crippen LogP contribution in [0, 0.1) is 12.8 Å². The van der Waals surface area contributed by atoms with Gasteiger partial charge in [-0.1, -0.05) is 5.16 Å². The topological polar surface area (TPSA) is 105 Å². The molecular weight excluding hydrogens is 336 g/mol. The number of amides is 3. The maximum absolute atomic E-state index is 12.4. The summed E-state index contributed by atoms with van der Waals surface area (Å²) in [5, 5.41) is 9.05. The highest BCUT2D eigenvalue weighted by atomic mass is 16.5. The SMILES string of the molecule is Cc1cc(NC(=O)CN(C)C(=O)c2ccc(NC(=O)C3CC3)cc2)no1. The van der Waals surface area contributed by atoms with Gasteiger partial charge in [0.15, 0.2) is 5.82 Å². The molecule has 26 heavy (non-hydrogen) atoms. The summed E-state index contributed by atoms with van der Waals surface area (Å²) in [5.41, 5.74) is 1.09. The van der Waals surface area contributed by atoms with Gasteiger partial charge in [-0.2, -0.15) is 0 Å². The van der Waals surface area contributed by atoms with Crippen LogP contribution < -0.4 is 10.6 Å². The van der Waals surface area contributed by atoms with Crippen molar-refractivity contribution in [2.24, 2.45) is 5.92 Å². The molecule has 0 atom stereocenters. The van der Waals surface area contributed by atoms with Crippen molar-refractivity contribution in [1.82, 2.24) is 10.1 Å². The van der Waals surface area contributed by atoms with Gasteiger partial charge in [-0.05, 0) is 44.0 Å². The number of anilines is 2. The normalized spacial score (nSPS) is 13.2. The smallest absolute Gasteiger partial charge is 0.254 e. The van der Waals surface area contributed by atoms with Gasteiger partial charge in [-0.25, -0.2) is 0 Å². The van der Waals surface area contributed by atoms with E-state index >= 15 is 0 Å². The predicted molar refractivity (Wildman–Crippen MR) is 94.6 cm³/mol. The number of hydrogen-bond donors (Lipinski definition) is 2. The molecule has 0 aliphatic heterocycles. The fourth-order valence-corrected chi connectivity index (χ4v) is 2.40. The predicted octanol–water partition coefficient (Wildman–Crippen LogP) is 2.04. The number of aryl methyl sites for hydroxylation is 1. The molecule has 1 saturated carbocycles. The second-order valence-electron chi connectivity index (χ2n) is 6.37. The lowest BCUT2D eigenvalue weighted by molar-refractivity contribution is -0.117. The van der Waals surface area contributed by atoms with E-state index in [0.717, 1.165) is 12.8 Å². The summed E-state index contributed by atoms with van der Waals surface area (Å²) in [4.78, 5) is 37.4. The van der Waals surface area contributed by atoms with Crippen LogP contribution in [0.2, 0.25) is 0 Å². The molecule has 0 bridgehead atoms. The van der Waals surface area contributed by atoms with Crippen LogP contribution in [-0.2, 0) is 9.59 Å². The van der Waals surface area contributed by atoms with Crippen LogP contribution in [0.15, 0.2) is 34.9 Å². The quantitative estimate of drug-likeness (QED) is 0.824. The molecule has 0 spiro atoms. The van der Waals surface area contributed by atoms with Gasteiger partial charge >= 0.3 is 0 Å². The number of nitrogens with zero attached hydrogens (tertiary/aromatic N) is 2. The summed E-state index contributed by atoms with van der Waals surface area (Å²) in [5.74, 6) is 0.358. The van der Waals surface area contributed by atoms with Crippen LogP contribution >= 0.6 is 0 Å². The van der Waals surface area contributed by atoms with Gasteiger partial charge in [0.1, 0.15) is 5.76 Å². The average Bonchev–Trinajstić information content (AvgIpc) is 3.38. The Bertz CT molecular complexity index is 824. The standard InChI is InChI=1S/C18H20N4O4/c1-11-9-15(21-26-11)20-16(23)10-22(2)18(25)13-5-7-14(8-6-13)19-17(24)12-3-4-12/h5-9,12H,3-4,10H2,1-2H3,(H,19,24)(H,20,21,23). The first-order valence-electron chi connectivity index (χ1n) is 8.32. The molecule has 0 saturated heterocycles. The minimum absolute atomic E-state index is 0.0148. The van der Waals surface area contributed by atoms with Gasteiger partial charge in [-0.3, -0.25) is 14.4 Å². The van der Waals surface area contributed by atoms with Crippen molar-refractivity contribution in [3.8, 4) is 0 Å². The molecule has 0 radical (unpaired) electrons. The zero-order valence-corrected chi connectivity index (χ0v) is 14.6. The Morgan fingerprint density at radius 3 is 2.46 bits per heavy atom. The van der Waals surface area contributed by atoms with Crippen LogP contribution in [0.3, 0.4) is 0 Å². The molecule has 3 rings (SSSR count). The molecule has 2 aromatic rings. The van der Waals surface area contributed by atoms with E-state index in [1.165, 1.54) is 4.90 Å². The number of aromatic nitrogens is 1. The van der Waals surface area contributed by atoms with E-state index in [-0.39, 0.29) is 30.2 Å². The Labute approximate surface area is 150 Å². The summed E-state index contributed by atoms with van der Waals surface area (Å²) in [6, 6.07) is 8.20. The van der Waals surface area contributed by atoms with E-state index in [9.17, 15) is 14.4 Å². The molecule has 0 unspecified atom stereocenters. The lowest BCUT2D eigenvalue weighted by Gasteiger charge is -2.16. The first-order chi connectivity index (χ1) is 12.4. The molecule has 1 heterocycles. The van der Waals surface area contributed by atoms with E-state index in [4.69, 9.17) is 4.52 Å². The second kappa shape index (κ2) is 7.38. The monoisotopic (exact) mass is 356 g/mol. The van der Waals surface area contributed by atoms with Gasteiger partial charge in [0, 0.05) is 30.3 Å². The van der Waals surface area contributed by atoms with Crippen LogP contribution in [0.5, 0.6) is 0 Å². The van der Waals surface area contributed by atoms with Gasteiger partial charge in [0.25, 0.3) is 5.91 Å². The number of benzene rings is 1. The van der Waals surface area contributed by atoms with Gasteiger partial charge in [0.05, 0.1) is 6.54 Å². The largest absolute Gasteiger partial charge is 0.360 e. The first-order valence-corrected chi connectivity index (χ1v) is 8.32. The van der Waals surface area contributed by atoms with Crippen molar-refractivity contribution in [2.75, 3.05) is 24.2 Å². The molecule has 136 valence electrons. The second-order valence-corrected chi connectivity index (χ2v) is 6.37. The summed E-state index contributed by atoms with van der Waals surface area (Å²) >= 11 is 0. The van der Waals surface area contributed by atoms with E-state index in [1.807, 2.05) is 0 Å². The summed E-state index contributed by atoms with van der Waals surface area (Å²) < 4.78 is 4.87. The van der Waals surface area contributed by atoms with Crippen molar-refractivity contribution in [3.63, 3.8) is 0 Å². The third-order valence-corrected chi connectivity index (χ3v) is 3.97. The molecule has 1 aliphatic carbocycles. The Morgan fingerprint density at radius 2 is 1.88 bits per heavy atom. The minimum Gasteiger partial charge on any atom is -0.360 e. The molecule has 8 heteroatoms. The molecule has 1 aliphatic rings. The third kappa shape index (κ3) is 4.47. The highest BCUT2D eigenvalue weighted by Crippen LogP contribution is 2.30. The molecule has 1 fully saturated rings. The van der Waals surface area contributed by atoms with Gasteiger partial charge in [-0.15, -0.1) is 0 Å². The maximum Gasteiger partial charge on any atom is 0.254 e. The summed E-state index contributed by atoms with van der Waals surface area (Å²) in [6.07, 6.45) is 1.87. The summed E-state index contributed by atoms with van der Waals surface area (Å²) in [7, 11) is 1.54. The number of likely N-dealkylation sites (N-methyl/N-ethyl adjacent to an activating group) is 1. The van der Waals surface area contributed by atoms with Crippen LogP contribution in [0.25, 0.3) is 0 Å². The van der Waals surface area contributed by atoms with Crippen LogP contribution in [0.4, 0.5) is 11.5 Å². The lowest BCUT2D eigenvalue weighted by Crippen LogP contribution is -2.35. The zero-order valence-electron chi connectivity index (χ0n) is 14.6. The number of rotatable bonds is 6. The number of carbonyl (C=O) groups is 3. The number of nitrogens with one attached hydrogen (secondary N) is 2. The highest BCUT2D eigenvalue weighted by Gasteiger charge is 2.29. The highest BCUT2D eigenvalue weighted by molar-refractivity contribution is 5.99. The average molecular weight is 356 g/mol. The molecule has 8 nitrogen and oxygen atoms in total. The fraction of sp³-hybridized carbons (Fsp3) is 0.333. The minimum atomic E-state index is -0.373. The molecular formula is C18H20N4O4. The Kier molecular flexibility index (Phi) is 5.01. The number of hydrogen-bond acceptors (Lipinski definition) is 5. The van der Waals surface area contributed by atoms with Crippen molar-refractivity contribution in [2.45, 2.75) is 19.8 Å². The Morgan fingerprint density at radius 1 is 1.19 bits per heavy atom. The molecule has 1 aromatic carbocycles. The molecule has 3 amide bonds. The zero-order chi connectivity index (χ0) is 18.7. The molecule has 1 aromatic heterocycles. The van der Waals surface area contributed by atoms with E-state index in [0.29, 0.717) is 22.8 Å². The van der Waals surface area contributed by atoms with E-state index in [1.54, 1.807) is 44.3 Å². The van der Waals surface area contributed by atoms with Gasteiger partial charge in [0.2, 0.25) is 11.8 Å². The van der Waals surface area contributed by atoms with Gasteiger partial charge < -0.3 is 20.1 Å². The summed E-state index contributed by atoms with van der Waals surface area (Å²) in [6.45, 7) is 1.60. The third-order valence-electron chi connectivity index (χ3n) is 3.97.